The van der Waals surface area contributed by atoms with Crippen LogP contribution in [-0.2, 0) is 23.5 Å². The zero-order chi connectivity index (χ0) is 22.1. The highest BCUT2D eigenvalue weighted by molar-refractivity contribution is 7.98. The average Bonchev–Trinajstić information content (AvgIpc) is 3.55. The van der Waals surface area contributed by atoms with Crippen LogP contribution in [0, 0.1) is 6.92 Å². The Morgan fingerprint density at radius 1 is 1.25 bits per heavy atom. The van der Waals surface area contributed by atoms with E-state index in [0.29, 0.717) is 29.2 Å². The molecule has 1 fully saturated rings. The third-order valence-corrected chi connectivity index (χ3v) is 7.67. The van der Waals surface area contributed by atoms with Crippen LogP contribution >= 0.6 is 23.1 Å². The van der Waals surface area contributed by atoms with Crippen molar-refractivity contribution in [3.05, 3.63) is 57.0 Å². The Hall–Kier alpha value is -2.49. The highest BCUT2D eigenvalue weighted by atomic mass is 32.2. The summed E-state index contributed by atoms with van der Waals surface area (Å²) in [4.78, 5) is 24.9. The van der Waals surface area contributed by atoms with E-state index in [-0.39, 0.29) is 11.7 Å². The summed E-state index contributed by atoms with van der Waals surface area (Å²) in [5, 5.41) is 5.51. The molecule has 166 valence electrons. The van der Waals surface area contributed by atoms with Gasteiger partial charge in [0, 0.05) is 17.0 Å². The van der Waals surface area contributed by atoms with E-state index in [2.05, 4.69) is 24.0 Å². The molecule has 1 saturated heterocycles. The van der Waals surface area contributed by atoms with E-state index in [1.807, 2.05) is 30.3 Å². The maximum atomic E-state index is 13.5. The Balaban J connectivity index is 1.47. The number of hydrogen-bond acceptors (Lipinski definition) is 8. The lowest BCUT2D eigenvalue weighted by Crippen LogP contribution is -2.29. The molecule has 0 amide bonds. The van der Waals surface area contributed by atoms with Crippen molar-refractivity contribution < 1.29 is 9.26 Å². The van der Waals surface area contributed by atoms with E-state index in [1.54, 1.807) is 15.9 Å². The van der Waals surface area contributed by atoms with Crippen LogP contribution in [0.15, 0.2) is 44.8 Å². The molecule has 0 radical (unpaired) electrons. The predicted octanol–water partition coefficient (Wildman–Crippen LogP) is 4.85. The number of ether oxygens (including phenoxy) is 1. The third-order valence-electron chi connectivity index (χ3n) is 5.67. The molecule has 1 aliphatic heterocycles. The number of benzene rings is 1. The Morgan fingerprint density at radius 3 is 2.84 bits per heavy atom. The van der Waals surface area contributed by atoms with Gasteiger partial charge in [0.05, 0.1) is 23.8 Å². The molecule has 0 bridgehead atoms. The number of aryl methyl sites for hydroxylation is 2. The second kappa shape index (κ2) is 9.17. The maximum absolute atomic E-state index is 13.5. The molecular weight excluding hydrogens is 444 g/mol. The van der Waals surface area contributed by atoms with Crippen LogP contribution in [0.4, 0.5) is 0 Å². The fraction of sp³-hybridized carbons (Fsp3) is 0.391. The Labute approximate surface area is 193 Å². The van der Waals surface area contributed by atoms with Crippen molar-refractivity contribution in [2.75, 3.05) is 6.61 Å². The van der Waals surface area contributed by atoms with Crippen molar-refractivity contribution in [1.82, 2.24) is 19.7 Å². The van der Waals surface area contributed by atoms with Crippen molar-refractivity contribution in [3.63, 3.8) is 0 Å². The quantitative estimate of drug-likeness (QED) is 0.283. The van der Waals surface area contributed by atoms with E-state index >= 15 is 0 Å². The minimum Gasteiger partial charge on any atom is -0.376 e. The van der Waals surface area contributed by atoms with Crippen LogP contribution in [0.5, 0.6) is 0 Å². The first-order chi connectivity index (χ1) is 15.6. The second-order valence-corrected chi connectivity index (χ2v) is 9.93. The number of aromatic nitrogens is 4. The van der Waals surface area contributed by atoms with Crippen LogP contribution in [0.3, 0.4) is 0 Å². The van der Waals surface area contributed by atoms with Gasteiger partial charge in [-0.1, -0.05) is 54.2 Å². The largest absolute Gasteiger partial charge is 0.376 e. The number of rotatable bonds is 7. The van der Waals surface area contributed by atoms with Crippen LogP contribution in [0.1, 0.15) is 36.1 Å². The maximum Gasteiger partial charge on any atom is 0.263 e. The Bertz CT molecular complexity index is 1290. The monoisotopic (exact) mass is 468 g/mol. The Morgan fingerprint density at radius 2 is 2.09 bits per heavy atom. The van der Waals surface area contributed by atoms with E-state index < -0.39 is 0 Å². The standard InChI is InChI=1S/C23H24N4O3S2/c1-3-17-14(2)32-21-19(17)22(28)27(12-16-10-7-11-29-16)23(25-21)31-13-18-24-20(26-30-18)15-8-5-4-6-9-15/h4-6,8-9,16H,3,7,10-13H2,1-2H3. The highest BCUT2D eigenvalue weighted by Gasteiger charge is 2.23. The zero-order valence-electron chi connectivity index (χ0n) is 18.0. The number of thioether (sulfide) groups is 1. The summed E-state index contributed by atoms with van der Waals surface area (Å²) in [6.45, 7) is 5.41. The molecular formula is C23H24N4O3S2. The topological polar surface area (TPSA) is 83.0 Å². The minimum absolute atomic E-state index is 0.0182. The fourth-order valence-electron chi connectivity index (χ4n) is 4.06. The molecule has 1 aromatic carbocycles. The first-order valence-electron chi connectivity index (χ1n) is 10.8. The van der Waals surface area contributed by atoms with Crippen molar-refractivity contribution in [2.45, 2.75) is 56.7 Å². The summed E-state index contributed by atoms with van der Waals surface area (Å²) in [6.07, 6.45) is 2.85. The van der Waals surface area contributed by atoms with Crippen molar-refractivity contribution in [1.29, 1.82) is 0 Å². The zero-order valence-corrected chi connectivity index (χ0v) is 19.7. The molecule has 4 aromatic rings. The molecule has 0 N–H and O–H groups in total. The second-order valence-electron chi connectivity index (χ2n) is 7.78. The van der Waals surface area contributed by atoms with Gasteiger partial charge in [-0.3, -0.25) is 9.36 Å². The third kappa shape index (κ3) is 4.12. The van der Waals surface area contributed by atoms with Crippen molar-refractivity contribution >= 4 is 33.3 Å². The number of fused-ring (bicyclic) bond motifs is 1. The summed E-state index contributed by atoms with van der Waals surface area (Å²) in [7, 11) is 0. The first kappa shape index (κ1) is 21.4. The molecule has 1 atom stereocenters. The highest BCUT2D eigenvalue weighted by Crippen LogP contribution is 2.31. The molecule has 1 unspecified atom stereocenters. The van der Waals surface area contributed by atoms with Gasteiger partial charge in [0.25, 0.3) is 5.56 Å². The summed E-state index contributed by atoms with van der Waals surface area (Å²) < 4.78 is 13.1. The number of hydrogen-bond donors (Lipinski definition) is 0. The van der Waals surface area contributed by atoms with E-state index in [0.717, 1.165) is 52.1 Å². The molecule has 0 saturated carbocycles. The fourth-order valence-corrected chi connectivity index (χ4v) is 6.07. The van der Waals surface area contributed by atoms with E-state index in [9.17, 15) is 4.79 Å². The molecule has 32 heavy (non-hydrogen) atoms. The average molecular weight is 469 g/mol. The molecule has 4 heterocycles. The molecule has 0 spiro atoms. The Kier molecular flexibility index (Phi) is 6.12. The van der Waals surface area contributed by atoms with Gasteiger partial charge in [0.15, 0.2) is 5.16 Å². The van der Waals surface area contributed by atoms with Crippen molar-refractivity contribution in [2.24, 2.45) is 0 Å². The van der Waals surface area contributed by atoms with Crippen LogP contribution in [-0.4, -0.2) is 32.4 Å². The molecule has 0 aliphatic carbocycles. The van der Waals surface area contributed by atoms with Crippen LogP contribution in [0.25, 0.3) is 21.6 Å². The van der Waals surface area contributed by atoms with Gasteiger partial charge in [-0.2, -0.15) is 4.98 Å². The predicted molar refractivity (Wildman–Crippen MR) is 126 cm³/mol. The molecule has 3 aromatic heterocycles. The van der Waals surface area contributed by atoms with Crippen LogP contribution < -0.4 is 5.56 Å². The lowest BCUT2D eigenvalue weighted by atomic mass is 10.1. The lowest BCUT2D eigenvalue weighted by Gasteiger charge is -2.15. The van der Waals surface area contributed by atoms with Gasteiger partial charge in [-0.25, -0.2) is 4.98 Å². The molecule has 5 rings (SSSR count). The lowest BCUT2D eigenvalue weighted by molar-refractivity contribution is 0.0937. The summed E-state index contributed by atoms with van der Waals surface area (Å²) in [5.74, 6) is 1.50. The van der Waals surface area contributed by atoms with Gasteiger partial charge in [-0.15, -0.1) is 11.3 Å². The normalized spacial score (nSPS) is 16.2. The summed E-state index contributed by atoms with van der Waals surface area (Å²) in [6, 6.07) is 9.72. The minimum atomic E-state index is 0.0182. The van der Waals surface area contributed by atoms with Gasteiger partial charge >= 0.3 is 0 Å². The van der Waals surface area contributed by atoms with Crippen LogP contribution in [0.2, 0.25) is 0 Å². The van der Waals surface area contributed by atoms with Crippen molar-refractivity contribution in [3.8, 4) is 11.4 Å². The van der Waals surface area contributed by atoms with E-state index in [1.165, 1.54) is 11.8 Å². The smallest absolute Gasteiger partial charge is 0.263 e. The van der Waals surface area contributed by atoms with Gasteiger partial charge in [-0.05, 0) is 31.7 Å². The first-order valence-corrected chi connectivity index (χ1v) is 12.6. The van der Waals surface area contributed by atoms with Gasteiger partial charge < -0.3 is 9.26 Å². The molecule has 1 aliphatic rings. The SMILES string of the molecule is CCc1c(C)sc2nc(SCc3nc(-c4ccccc4)no3)n(CC3CCCO3)c(=O)c12. The summed E-state index contributed by atoms with van der Waals surface area (Å²) >= 11 is 3.04. The number of nitrogens with zero attached hydrogens (tertiary/aromatic N) is 4. The van der Waals surface area contributed by atoms with Gasteiger partial charge in [0.2, 0.25) is 11.7 Å². The molecule has 7 nitrogen and oxygen atoms in total. The van der Waals surface area contributed by atoms with Gasteiger partial charge in [0.1, 0.15) is 4.83 Å². The van der Waals surface area contributed by atoms with E-state index in [4.69, 9.17) is 14.2 Å². The number of thiophene rings is 1. The summed E-state index contributed by atoms with van der Waals surface area (Å²) in [5.41, 5.74) is 2.03. The molecule has 9 heteroatoms.